The molecule has 0 atom stereocenters. The predicted molar refractivity (Wildman–Crippen MR) is 75.1 cm³/mol. The first-order valence-electron chi connectivity index (χ1n) is 6.62. The molecule has 116 valence electrons. The molecule has 1 aliphatic carbocycles. The van der Waals surface area contributed by atoms with Crippen molar-refractivity contribution in [1.82, 2.24) is 4.98 Å². The summed E-state index contributed by atoms with van der Waals surface area (Å²) in [6, 6.07) is 1.33. The lowest BCUT2D eigenvalue weighted by molar-refractivity contribution is -0.111. The van der Waals surface area contributed by atoms with Gasteiger partial charge in [-0.1, -0.05) is 0 Å². The number of ketones is 2. The molecule has 0 spiro atoms. The molecule has 0 unspecified atom stereocenters. The Kier molecular flexibility index (Phi) is 4.37. The number of aliphatic hydroxyl groups is 1. The van der Waals surface area contributed by atoms with E-state index in [0.717, 1.165) is 0 Å². The van der Waals surface area contributed by atoms with Gasteiger partial charge in [0.25, 0.3) is 0 Å². The van der Waals surface area contributed by atoms with E-state index in [1.807, 2.05) is 0 Å². The van der Waals surface area contributed by atoms with Crippen LogP contribution in [0.25, 0.3) is 5.76 Å². The highest BCUT2D eigenvalue weighted by Crippen LogP contribution is 2.32. The van der Waals surface area contributed by atoms with Gasteiger partial charge in [-0.25, -0.2) is 9.78 Å². The molecule has 2 rings (SSSR count). The number of rotatable bonds is 4. The summed E-state index contributed by atoms with van der Waals surface area (Å²) in [6.45, 7) is 2.68. The number of carbonyl (C=O) groups is 3. The van der Waals surface area contributed by atoms with Crippen molar-refractivity contribution in [2.45, 2.75) is 20.5 Å². The van der Waals surface area contributed by atoms with E-state index in [1.165, 1.54) is 20.1 Å². The highest BCUT2D eigenvalue weighted by atomic mass is 16.5. The minimum absolute atomic E-state index is 0.0389. The van der Waals surface area contributed by atoms with Gasteiger partial charge in [0.05, 0.1) is 31.6 Å². The molecule has 0 aliphatic heterocycles. The van der Waals surface area contributed by atoms with Crippen molar-refractivity contribution < 1.29 is 29.0 Å². The third kappa shape index (κ3) is 2.39. The van der Waals surface area contributed by atoms with Crippen molar-refractivity contribution in [3.8, 4) is 0 Å². The Balaban J connectivity index is 2.75. The van der Waals surface area contributed by atoms with Crippen LogP contribution in [-0.2, 0) is 20.9 Å². The summed E-state index contributed by atoms with van der Waals surface area (Å²) in [6.07, 6.45) is 0. The molecule has 1 N–H and O–H groups in total. The summed E-state index contributed by atoms with van der Waals surface area (Å²) in [5.41, 5.74) is 0.245. The van der Waals surface area contributed by atoms with Crippen LogP contribution >= 0.6 is 0 Å². The Morgan fingerprint density at radius 2 is 2.00 bits per heavy atom. The molecule has 1 heterocycles. The largest absolute Gasteiger partial charge is 0.496 e. The molecule has 0 aromatic carbocycles. The number of aliphatic hydroxyl groups excluding tert-OH is 1. The molecule has 1 aromatic heterocycles. The maximum Gasteiger partial charge on any atom is 0.356 e. The van der Waals surface area contributed by atoms with Crippen molar-refractivity contribution in [2.24, 2.45) is 0 Å². The highest BCUT2D eigenvalue weighted by Gasteiger charge is 2.35. The fourth-order valence-corrected chi connectivity index (χ4v) is 2.31. The van der Waals surface area contributed by atoms with E-state index in [1.54, 1.807) is 6.92 Å². The van der Waals surface area contributed by atoms with Crippen LogP contribution in [0, 0.1) is 0 Å². The van der Waals surface area contributed by atoms with Gasteiger partial charge in [-0.15, -0.1) is 0 Å². The van der Waals surface area contributed by atoms with Gasteiger partial charge in [0.2, 0.25) is 11.6 Å². The minimum atomic E-state index is -0.778. The molecule has 7 nitrogen and oxygen atoms in total. The fourth-order valence-electron chi connectivity index (χ4n) is 2.31. The zero-order chi connectivity index (χ0) is 16.4. The van der Waals surface area contributed by atoms with E-state index >= 15 is 0 Å². The second-order valence-corrected chi connectivity index (χ2v) is 4.57. The van der Waals surface area contributed by atoms with Crippen LogP contribution in [0.3, 0.4) is 0 Å². The minimum Gasteiger partial charge on any atom is -0.496 e. The van der Waals surface area contributed by atoms with Crippen LogP contribution in [0.15, 0.2) is 11.6 Å². The van der Waals surface area contributed by atoms with Crippen LogP contribution in [0.5, 0.6) is 0 Å². The van der Waals surface area contributed by atoms with E-state index in [2.05, 4.69) is 4.98 Å². The van der Waals surface area contributed by atoms with Gasteiger partial charge in [0.1, 0.15) is 11.5 Å². The van der Waals surface area contributed by atoms with Gasteiger partial charge >= 0.3 is 5.97 Å². The van der Waals surface area contributed by atoms with E-state index in [9.17, 15) is 19.5 Å². The van der Waals surface area contributed by atoms with Crippen molar-refractivity contribution in [3.05, 3.63) is 34.2 Å². The number of ether oxygens (including phenoxy) is 2. The van der Waals surface area contributed by atoms with Gasteiger partial charge in [0.15, 0.2) is 0 Å². The van der Waals surface area contributed by atoms with Crippen LogP contribution in [0.1, 0.15) is 46.0 Å². The second kappa shape index (κ2) is 6.07. The number of hydrogen-bond acceptors (Lipinski definition) is 7. The summed E-state index contributed by atoms with van der Waals surface area (Å²) in [7, 11) is 1.36. The summed E-state index contributed by atoms with van der Waals surface area (Å²) in [4.78, 5) is 39.9. The molecule has 7 heteroatoms. The first-order chi connectivity index (χ1) is 10.5. The maximum absolute atomic E-state index is 12.2. The Morgan fingerprint density at radius 1 is 1.32 bits per heavy atom. The summed E-state index contributed by atoms with van der Waals surface area (Å²) in [5, 5.41) is 9.42. The number of nitrogens with zero attached hydrogens (tertiary/aromatic N) is 1. The molecular weight excluding hydrogens is 290 g/mol. The van der Waals surface area contributed by atoms with Gasteiger partial charge in [-0.2, -0.15) is 0 Å². The number of carbonyl (C=O) groups excluding carboxylic acids is 3. The molecule has 0 radical (unpaired) electrons. The number of methoxy groups -OCH3 is 1. The molecule has 0 fully saturated rings. The standard InChI is InChI=1S/C15H15NO6/c1-4-22-15(20)9-5-8-11(10(6-17)16-9)13(19)12(18)7(2)14(8)21-3/h5,17H,4,6H2,1-3H3. The third-order valence-corrected chi connectivity index (χ3v) is 3.29. The SMILES string of the molecule is CCOC(=O)c1cc2c(c(CO)n1)C(=O)C(=O)C(C)=C2OC. The Morgan fingerprint density at radius 3 is 2.55 bits per heavy atom. The fraction of sp³-hybridized carbons (Fsp3) is 0.333. The number of fused-ring (bicyclic) bond motifs is 1. The second-order valence-electron chi connectivity index (χ2n) is 4.57. The Hall–Kier alpha value is -2.54. The van der Waals surface area contributed by atoms with Crippen molar-refractivity contribution >= 4 is 23.3 Å². The van der Waals surface area contributed by atoms with Gasteiger partial charge < -0.3 is 14.6 Å². The quantitative estimate of drug-likeness (QED) is 0.651. The van der Waals surface area contributed by atoms with Crippen molar-refractivity contribution in [1.29, 1.82) is 0 Å². The zero-order valence-electron chi connectivity index (χ0n) is 12.4. The number of allylic oxidation sites excluding steroid dienone is 1. The number of aromatic nitrogens is 1. The summed E-state index contributed by atoms with van der Waals surface area (Å²) in [5.74, 6) is -2.00. The first-order valence-corrected chi connectivity index (χ1v) is 6.62. The molecule has 1 aromatic rings. The van der Waals surface area contributed by atoms with Crippen molar-refractivity contribution in [2.75, 3.05) is 13.7 Å². The number of pyridine rings is 1. The Bertz CT molecular complexity index is 704. The molecule has 0 saturated heterocycles. The zero-order valence-corrected chi connectivity index (χ0v) is 12.4. The van der Waals surface area contributed by atoms with Crippen molar-refractivity contribution in [3.63, 3.8) is 0 Å². The van der Waals surface area contributed by atoms with Gasteiger partial charge in [0, 0.05) is 11.1 Å². The molecule has 0 bridgehead atoms. The third-order valence-electron chi connectivity index (χ3n) is 3.29. The van der Waals surface area contributed by atoms with E-state index in [0.29, 0.717) is 0 Å². The smallest absolute Gasteiger partial charge is 0.356 e. The highest BCUT2D eigenvalue weighted by molar-refractivity contribution is 6.52. The van der Waals surface area contributed by atoms with Crippen LogP contribution < -0.4 is 0 Å². The van der Waals surface area contributed by atoms with Crippen LogP contribution in [0.2, 0.25) is 0 Å². The molecule has 0 saturated carbocycles. The lowest BCUT2D eigenvalue weighted by atomic mass is 9.88. The molecule has 22 heavy (non-hydrogen) atoms. The average Bonchev–Trinajstić information content (AvgIpc) is 2.52. The van der Waals surface area contributed by atoms with Gasteiger partial charge in [-0.05, 0) is 19.9 Å². The monoisotopic (exact) mass is 305 g/mol. The normalized spacial score (nSPS) is 14.0. The first kappa shape index (κ1) is 15.8. The van der Waals surface area contributed by atoms with Crippen LogP contribution in [0.4, 0.5) is 0 Å². The summed E-state index contributed by atoms with van der Waals surface area (Å²) < 4.78 is 10.1. The number of Topliss-reactive ketones (excluding diaryl/α,β-unsaturated/α-hetero) is 2. The maximum atomic E-state index is 12.2. The predicted octanol–water partition coefficient (Wildman–Crippen LogP) is 0.893. The number of hydrogen-bond donors (Lipinski definition) is 1. The Labute approximate surface area is 126 Å². The molecule has 1 aliphatic rings. The van der Waals surface area contributed by atoms with E-state index in [-0.39, 0.29) is 40.5 Å². The molecule has 0 amide bonds. The topological polar surface area (TPSA) is 103 Å². The summed E-state index contributed by atoms with van der Waals surface area (Å²) >= 11 is 0. The van der Waals surface area contributed by atoms with E-state index in [4.69, 9.17) is 9.47 Å². The van der Waals surface area contributed by atoms with Gasteiger partial charge in [-0.3, -0.25) is 9.59 Å². The van der Waals surface area contributed by atoms with E-state index < -0.39 is 24.1 Å². The lowest BCUT2D eigenvalue weighted by Gasteiger charge is -2.21. The number of esters is 1. The molecular formula is C15H15NO6. The average molecular weight is 305 g/mol. The lowest BCUT2D eigenvalue weighted by Crippen LogP contribution is -2.26. The van der Waals surface area contributed by atoms with Crippen LogP contribution in [-0.4, -0.2) is 41.3 Å².